The van der Waals surface area contributed by atoms with Crippen molar-refractivity contribution in [3.05, 3.63) is 48.6 Å². The number of aromatic nitrogens is 2. The van der Waals surface area contributed by atoms with Crippen molar-refractivity contribution >= 4 is 40.0 Å². The molecule has 1 atom stereocenters. The highest BCUT2D eigenvalue weighted by Gasteiger charge is 2.34. The van der Waals surface area contributed by atoms with Crippen LogP contribution in [0.2, 0.25) is 0 Å². The Morgan fingerprint density at radius 1 is 1.40 bits per heavy atom. The number of hydrogen-bond donors (Lipinski definition) is 1. The summed E-state index contributed by atoms with van der Waals surface area (Å²) in [6.07, 6.45) is 2.02. The molecule has 1 aromatic heterocycles. The predicted molar refractivity (Wildman–Crippen MR) is 99.4 cm³/mol. The van der Waals surface area contributed by atoms with E-state index in [0.717, 1.165) is 15.7 Å². The topological polar surface area (TPSA) is 75.2 Å². The zero-order chi connectivity index (χ0) is 17.6. The number of benzene rings is 1. The van der Waals surface area contributed by atoms with Crippen molar-refractivity contribution in [1.29, 1.82) is 0 Å². The SMILES string of the molecule is C=CCSc1nnc(NC(=O)C2CC(=O)N(Cc3ccccc3)C2)s1. The van der Waals surface area contributed by atoms with Crippen LogP contribution in [0.4, 0.5) is 5.13 Å². The molecule has 0 radical (unpaired) electrons. The normalized spacial score (nSPS) is 16.9. The number of anilines is 1. The van der Waals surface area contributed by atoms with Gasteiger partial charge in [-0.15, -0.1) is 16.8 Å². The van der Waals surface area contributed by atoms with Gasteiger partial charge in [0.1, 0.15) is 0 Å². The van der Waals surface area contributed by atoms with Gasteiger partial charge in [-0.2, -0.15) is 0 Å². The number of rotatable bonds is 7. The van der Waals surface area contributed by atoms with Gasteiger partial charge in [-0.05, 0) is 5.56 Å². The Hall–Kier alpha value is -2.19. The van der Waals surface area contributed by atoms with E-state index < -0.39 is 0 Å². The Labute approximate surface area is 154 Å². The average Bonchev–Trinajstić information content (AvgIpc) is 3.21. The smallest absolute Gasteiger partial charge is 0.231 e. The third kappa shape index (κ3) is 4.67. The molecule has 0 saturated carbocycles. The molecule has 8 heteroatoms. The van der Waals surface area contributed by atoms with E-state index in [1.807, 2.05) is 30.3 Å². The molecule has 130 valence electrons. The van der Waals surface area contributed by atoms with Gasteiger partial charge in [0.05, 0.1) is 5.92 Å². The van der Waals surface area contributed by atoms with Crippen molar-refractivity contribution < 1.29 is 9.59 Å². The molecule has 1 saturated heterocycles. The Morgan fingerprint density at radius 2 is 2.20 bits per heavy atom. The Morgan fingerprint density at radius 3 is 2.96 bits per heavy atom. The minimum Gasteiger partial charge on any atom is -0.338 e. The summed E-state index contributed by atoms with van der Waals surface area (Å²) in [5.41, 5.74) is 1.06. The lowest BCUT2D eigenvalue weighted by molar-refractivity contribution is -0.128. The fourth-order valence-electron chi connectivity index (χ4n) is 2.56. The summed E-state index contributed by atoms with van der Waals surface area (Å²) in [7, 11) is 0. The molecule has 25 heavy (non-hydrogen) atoms. The van der Waals surface area contributed by atoms with Crippen molar-refractivity contribution in [3.8, 4) is 0 Å². The predicted octanol–water partition coefficient (Wildman–Crippen LogP) is 2.80. The van der Waals surface area contributed by atoms with Crippen molar-refractivity contribution in [2.24, 2.45) is 5.92 Å². The van der Waals surface area contributed by atoms with Crippen LogP contribution in [0.5, 0.6) is 0 Å². The molecule has 1 fully saturated rings. The molecule has 6 nitrogen and oxygen atoms in total. The lowest BCUT2D eigenvalue weighted by Gasteiger charge is -2.16. The van der Waals surface area contributed by atoms with Crippen LogP contribution in [0.25, 0.3) is 0 Å². The van der Waals surface area contributed by atoms with Crippen LogP contribution in [0.1, 0.15) is 12.0 Å². The minimum absolute atomic E-state index is 0.00324. The highest BCUT2D eigenvalue weighted by Crippen LogP contribution is 2.27. The maximum absolute atomic E-state index is 12.4. The van der Waals surface area contributed by atoms with Gasteiger partial charge in [0.15, 0.2) is 4.34 Å². The largest absolute Gasteiger partial charge is 0.338 e. The van der Waals surface area contributed by atoms with Gasteiger partial charge in [0.25, 0.3) is 0 Å². The van der Waals surface area contributed by atoms with Crippen LogP contribution in [-0.2, 0) is 16.1 Å². The van der Waals surface area contributed by atoms with Crippen LogP contribution < -0.4 is 5.32 Å². The van der Waals surface area contributed by atoms with Crippen LogP contribution >= 0.6 is 23.1 Å². The number of nitrogens with zero attached hydrogens (tertiary/aromatic N) is 3. The zero-order valence-electron chi connectivity index (χ0n) is 13.6. The number of nitrogens with one attached hydrogen (secondary N) is 1. The monoisotopic (exact) mass is 374 g/mol. The van der Waals surface area contributed by atoms with Gasteiger partial charge in [0.2, 0.25) is 16.9 Å². The van der Waals surface area contributed by atoms with Crippen molar-refractivity contribution in [1.82, 2.24) is 15.1 Å². The van der Waals surface area contributed by atoms with Crippen LogP contribution in [0, 0.1) is 5.92 Å². The Bertz CT molecular complexity index is 763. The first-order chi connectivity index (χ1) is 12.2. The number of hydrogen-bond acceptors (Lipinski definition) is 6. The summed E-state index contributed by atoms with van der Waals surface area (Å²) in [6.45, 7) is 4.62. The van der Waals surface area contributed by atoms with E-state index in [1.54, 1.807) is 11.0 Å². The summed E-state index contributed by atoms with van der Waals surface area (Å²) in [5.74, 6) is 0.210. The fraction of sp³-hybridized carbons (Fsp3) is 0.294. The van der Waals surface area contributed by atoms with E-state index in [1.165, 1.54) is 23.1 Å². The molecule has 1 aliphatic heterocycles. The molecule has 1 N–H and O–H groups in total. The van der Waals surface area contributed by atoms with Gasteiger partial charge in [-0.25, -0.2) is 0 Å². The van der Waals surface area contributed by atoms with E-state index in [-0.39, 0.29) is 24.2 Å². The maximum atomic E-state index is 12.4. The highest BCUT2D eigenvalue weighted by atomic mass is 32.2. The number of thioether (sulfide) groups is 1. The van der Waals surface area contributed by atoms with E-state index in [4.69, 9.17) is 0 Å². The number of carbonyl (C=O) groups excluding carboxylic acids is 2. The molecule has 1 aliphatic rings. The molecule has 2 aromatic rings. The molecule has 3 rings (SSSR count). The van der Waals surface area contributed by atoms with Crippen LogP contribution in [0.3, 0.4) is 0 Å². The molecular weight excluding hydrogens is 356 g/mol. The third-order valence-corrected chi connectivity index (χ3v) is 5.73. The van der Waals surface area contributed by atoms with E-state index in [0.29, 0.717) is 18.2 Å². The fourth-order valence-corrected chi connectivity index (χ4v) is 4.08. The molecular formula is C17H18N4O2S2. The summed E-state index contributed by atoms with van der Waals surface area (Å²) >= 11 is 2.84. The molecule has 1 aromatic carbocycles. The number of amides is 2. The van der Waals surface area contributed by atoms with E-state index >= 15 is 0 Å². The summed E-state index contributed by atoms with van der Waals surface area (Å²) in [4.78, 5) is 26.3. The third-order valence-electron chi connectivity index (χ3n) is 3.76. The second-order valence-corrected chi connectivity index (χ2v) is 7.87. The van der Waals surface area contributed by atoms with Crippen LogP contribution in [0.15, 0.2) is 47.3 Å². The molecule has 2 heterocycles. The first kappa shape index (κ1) is 17.6. The zero-order valence-corrected chi connectivity index (χ0v) is 15.2. The lowest BCUT2D eigenvalue weighted by atomic mass is 10.1. The van der Waals surface area contributed by atoms with Gasteiger partial charge >= 0.3 is 0 Å². The van der Waals surface area contributed by atoms with Gasteiger partial charge in [-0.1, -0.05) is 59.5 Å². The first-order valence-corrected chi connectivity index (χ1v) is 9.65. The molecule has 0 aliphatic carbocycles. The number of likely N-dealkylation sites (tertiary alicyclic amines) is 1. The molecule has 0 spiro atoms. The van der Waals surface area contributed by atoms with Gasteiger partial charge in [-0.3, -0.25) is 9.59 Å². The minimum atomic E-state index is -0.357. The Kier molecular flexibility index (Phi) is 5.83. The van der Waals surface area contributed by atoms with Crippen molar-refractivity contribution in [3.63, 3.8) is 0 Å². The number of carbonyl (C=O) groups is 2. The molecule has 1 unspecified atom stereocenters. The van der Waals surface area contributed by atoms with Gasteiger partial charge < -0.3 is 10.2 Å². The van der Waals surface area contributed by atoms with Crippen molar-refractivity contribution in [2.75, 3.05) is 17.6 Å². The maximum Gasteiger partial charge on any atom is 0.231 e. The second-order valence-electron chi connectivity index (χ2n) is 5.62. The molecule has 0 bridgehead atoms. The second kappa shape index (κ2) is 8.26. The van der Waals surface area contributed by atoms with Crippen molar-refractivity contribution in [2.45, 2.75) is 17.3 Å². The highest BCUT2D eigenvalue weighted by molar-refractivity contribution is 8.01. The summed E-state index contributed by atoms with van der Waals surface area (Å²) < 4.78 is 0.781. The first-order valence-electron chi connectivity index (χ1n) is 7.85. The van der Waals surface area contributed by atoms with Gasteiger partial charge in [0, 0.05) is 25.3 Å². The average molecular weight is 374 g/mol. The Balaban J connectivity index is 1.55. The quantitative estimate of drug-likeness (QED) is 0.458. The van der Waals surface area contributed by atoms with E-state index in [2.05, 4.69) is 22.1 Å². The summed E-state index contributed by atoms with van der Waals surface area (Å²) in [5, 5.41) is 11.2. The standard InChI is InChI=1S/C17H18N4O2S2/c1-2-8-24-17-20-19-16(25-17)18-15(23)13-9-14(22)21(11-13)10-12-6-4-3-5-7-12/h2-7,13H,1,8-11H2,(H,18,19,23). The van der Waals surface area contributed by atoms with Crippen LogP contribution in [-0.4, -0.2) is 39.2 Å². The van der Waals surface area contributed by atoms with E-state index in [9.17, 15) is 9.59 Å². The lowest BCUT2D eigenvalue weighted by Crippen LogP contribution is -2.28. The summed E-state index contributed by atoms with van der Waals surface area (Å²) in [6, 6.07) is 9.78. The molecule has 2 amide bonds.